The standard InChI is InChI=1S/C20H22N4O2/c1-12-8-14(4-5-21-12)20-22-11-17-16(24-20)10-15(23-17)13-2-3-18-19(9-13)26-7-6-25-18/h2-3,9-12,14,21H,4-8H2,1H3,(H,22,24). The van der Waals surface area contributed by atoms with Gasteiger partial charge < -0.3 is 19.8 Å². The number of aromatic nitrogens is 3. The third-order valence-corrected chi connectivity index (χ3v) is 5.23. The number of nitrogens with zero attached hydrogens (tertiary/aromatic N) is 2. The van der Waals surface area contributed by atoms with Crippen LogP contribution in [0, 0.1) is 0 Å². The van der Waals surface area contributed by atoms with Crippen LogP contribution in [0.5, 0.6) is 11.5 Å². The molecule has 5 rings (SSSR count). The molecule has 134 valence electrons. The van der Waals surface area contributed by atoms with Gasteiger partial charge in [0.15, 0.2) is 11.5 Å². The second-order valence-corrected chi connectivity index (χ2v) is 7.14. The fourth-order valence-corrected chi connectivity index (χ4v) is 3.87. The first-order chi connectivity index (χ1) is 12.8. The minimum atomic E-state index is 0.475. The summed E-state index contributed by atoms with van der Waals surface area (Å²) in [4.78, 5) is 12.9. The van der Waals surface area contributed by atoms with Gasteiger partial charge in [-0.05, 0) is 50.6 Å². The molecular formula is C20H22N4O2. The van der Waals surface area contributed by atoms with Gasteiger partial charge in [-0.1, -0.05) is 0 Å². The highest BCUT2D eigenvalue weighted by atomic mass is 16.6. The van der Waals surface area contributed by atoms with Crippen molar-refractivity contribution in [1.82, 2.24) is 20.3 Å². The molecule has 0 bridgehead atoms. The van der Waals surface area contributed by atoms with Gasteiger partial charge in [0.1, 0.15) is 24.7 Å². The molecule has 2 N–H and O–H groups in total. The van der Waals surface area contributed by atoms with Crippen LogP contribution in [-0.4, -0.2) is 40.8 Å². The van der Waals surface area contributed by atoms with Crippen LogP contribution in [0.25, 0.3) is 22.6 Å². The Morgan fingerprint density at radius 1 is 1.08 bits per heavy atom. The third kappa shape index (κ3) is 2.80. The number of rotatable bonds is 2. The summed E-state index contributed by atoms with van der Waals surface area (Å²) in [6, 6.07) is 8.60. The minimum absolute atomic E-state index is 0.475. The number of H-pyrrole nitrogens is 1. The second kappa shape index (κ2) is 6.29. The summed E-state index contributed by atoms with van der Waals surface area (Å²) in [6.07, 6.45) is 4.11. The van der Waals surface area contributed by atoms with E-state index in [0.29, 0.717) is 25.2 Å². The van der Waals surface area contributed by atoms with Crippen LogP contribution < -0.4 is 14.8 Å². The Kier molecular flexibility index (Phi) is 3.78. The van der Waals surface area contributed by atoms with E-state index in [9.17, 15) is 0 Å². The Hall–Kier alpha value is -2.60. The lowest BCUT2D eigenvalue weighted by atomic mass is 9.92. The summed E-state index contributed by atoms with van der Waals surface area (Å²) in [5, 5.41) is 3.49. The van der Waals surface area contributed by atoms with Crippen LogP contribution in [0.1, 0.15) is 31.5 Å². The molecule has 4 aliphatic heterocycles. The predicted molar refractivity (Wildman–Crippen MR) is 98.9 cm³/mol. The molecule has 0 spiro atoms. The van der Waals surface area contributed by atoms with Crippen molar-refractivity contribution < 1.29 is 9.47 Å². The monoisotopic (exact) mass is 350 g/mol. The predicted octanol–water partition coefficient (Wildman–Crippen LogP) is 3.20. The zero-order valence-electron chi connectivity index (χ0n) is 14.8. The van der Waals surface area contributed by atoms with E-state index in [1.54, 1.807) is 0 Å². The molecule has 4 heterocycles. The van der Waals surface area contributed by atoms with Crippen LogP contribution in [-0.2, 0) is 0 Å². The maximum atomic E-state index is 5.69. The summed E-state index contributed by atoms with van der Waals surface area (Å²) in [5.74, 6) is 3.12. The van der Waals surface area contributed by atoms with Gasteiger partial charge >= 0.3 is 0 Å². The van der Waals surface area contributed by atoms with Gasteiger partial charge in [0, 0.05) is 17.5 Å². The molecule has 1 aromatic rings. The number of fused-ring (bicyclic) bond motifs is 2. The van der Waals surface area contributed by atoms with Gasteiger partial charge in [-0.3, -0.25) is 0 Å². The number of hydrogen-bond donors (Lipinski definition) is 2. The molecule has 2 unspecified atom stereocenters. The SMILES string of the molecule is CC1CC(c2ncc3nc(-c4ccc5c(c4)OCCO5)cc-3[nH]2)CCN1. The lowest BCUT2D eigenvalue weighted by Gasteiger charge is -2.27. The number of benzene rings is 1. The highest BCUT2D eigenvalue weighted by Gasteiger charge is 2.23. The van der Waals surface area contributed by atoms with Crippen molar-refractivity contribution >= 4 is 0 Å². The van der Waals surface area contributed by atoms with Crippen molar-refractivity contribution in [3.8, 4) is 34.1 Å². The molecule has 0 aromatic heterocycles. The molecule has 6 heteroatoms. The quantitative estimate of drug-likeness (QED) is 0.743. The summed E-state index contributed by atoms with van der Waals surface area (Å²) in [5.41, 5.74) is 3.87. The Morgan fingerprint density at radius 2 is 1.96 bits per heavy atom. The highest BCUT2D eigenvalue weighted by Crippen LogP contribution is 2.36. The molecule has 0 saturated carbocycles. The Labute approximate surface area is 152 Å². The molecule has 0 radical (unpaired) electrons. The summed E-state index contributed by atoms with van der Waals surface area (Å²) >= 11 is 0. The molecule has 0 amide bonds. The second-order valence-electron chi connectivity index (χ2n) is 7.14. The molecule has 1 fully saturated rings. The summed E-state index contributed by atoms with van der Waals surface area (Å²) in [6.45, 7) is 4.46. The third-order valence-electron chi connectivity index (χ3n) is 5.23. The minimum Gasteiger partial charge on any atom is -0.486 e. The first-order valence-electron chi connectivity index (χ1n) is 9.25. The smallest absolute Gasteiger partial charge is 0.162 e. The van der Waals surface area contributed by atoms with E-state index in [-0.39, 0.29) is 0 Å². The van der Waals surface area contributed by atoms with Crippen LogP contribution in [0.15, 0.2) is 30.5 Å². The van der Waals surface area contributed by atoms with Crippen molar-refractivity contribution in [2.24, 2.45) is 0 Å². The van der Waals surface area contributed by atoms with Crippen molar-refractivity contribution in [3.05, 3.63) is 36.3 Å². The van der Waals surface area contributed by atoms with Crippen molar-refractivity contribution in [2.75, 3.05) is 19.8 Å². The molecular weight excluding hydrogens is 328 g/mol. The van der Waals surface area contributed by atoms with E-state index < -0.39 is 0 Å². The average Bonchev–Trinajstić information content (AvgIpc) is 3.11. The normalized spacial score (nSPS) is 22.5. The zero-order chi connectivity index (χ0) is 17.5. The van der Waals surface area contributed by atoms with Gasteiger partial charge in [0.05, 0.1) is 17.6 Å². The molecule has 0 aliphatic carbocycles. The maximum Gasteiger partial charge on any atom is 0.162 e. The van der Waals surface area contributed by atoms with Crippen LogP contribution in [0.4, 0.5) is 0 Å². The lowest BCUT2D eigenvalue weighted by Crippen LogP contribution is -2.35. The van der Waals surface area contributed by atoms with Crippen LogP contribution in [0.3, 0.4) is 0 Å². The Balaban J connectivity index is 1.47. The largest absolute Gasteiger partial charge is 0.486 e. The van der Waals surface area contributed by atoms with Crippen molar-refractivity contribution in [3.63, 3.8) is 0 Å². The molecule has 26 heavy (non-hydrogen) atoms. The lowest BCUT2D eigenvalue weighted by molar-refractivity contribution is 0.171. The first-order valence-corrected chi connectivity index (χ1v) is 9.25. The van der Waals surface area contributed by atoms with E-state index in [0.717, 1.165) is 59.4 Å². The fourth-order valence-electron chi connectivity index (χ4n) is 3.87. The molecule has 6 nitrogen and oxygen atoms in total. The topological polar surface area (TPSA) is 72.1 Å². The molecule has 4 aliphatic rings. The van der Waals surface area contributed by atoms with E-state index in [2.05, 4.69) is 28.3 Å². The fraction of sp³-hybridized carbons (Fsp3) is 0.400. The van der Waals surface area contributed by atoms with Crippen molar-refractivity contribution in [2.45, 2.75) is 31.7 Å². The molecule has 1 saturated heterocycles. The Morgan fingerprint density at radius 3 is 2.85 bits per heavy atom. The van der Waals surface area contributed by atoms with Gasteiger partial charge in [-0.25, -0.2) is 9.97 Å². The van der Waals surface area contributed by atoms with Gasteiger partial charge in [0.2, 0.25) is 0 Å². The summed E-state index contributed by atoms with van der Waals surface area (Å²) in [7, 11) is 0. The summed E-state index contributed by atoms with van der Waals surface area (Å²) < 4.78 is 11.3. The van der Waals surface area contributed by atoms with Crippen LogP contribution >= 0.6 is 0 Å². The zero-order valence-corrected chi connectivity index (χ0v) is 14.8. The van der Waals surface area contributed by atoms with E-state index in [4.69, 9.17) is 14.5 Å². The number of hydrogen-bond acceptors (Lipinski definition) is 5. The van der Waals surface area contributed by atoms with Gasteiger partial charge in [-0.2, -0.15) is 0 Å². The average molecular weight is 350 g/mol. The van der Waals surface area contributed by atoms with E-state index in [1.807, 2.05) is 24.4 Å². The van der Waals surface area contributed by atoms with Crippen LogP contribution in [0.2, 0.25) is 0 Å². The first kappa shape index (κ1) is 15.6. The number of aromatic amines is 1. The number of ether oxygens (including phenoxy) is 2. The van der Waals surface area contributed by atoms with Gasteiger partial charge in [0.25, 0.3) is 0 Å². The molecule has 1 aromatic carbocycles. The van der Waals surface area contributed by atoms with Crippen molar-refractivity contribution in [1.29, 1.82) is 0 Å². The number of piperidine rings is 1. The van der Waals surface area contributed by atoms with Gasteiger partial charge in [-0.15, -0.1) is 0 Å². The Bertz CT molecular complexity index is 907. The van der Waals surface area contributed by atoms with E-state index >= 15 is 0 Å². The highest BCUT2D eigenvalue weighted by molar-refractivity contribution is 5.72. The maximum absolute atomic E-state index is 5.69. The molecule has 2 atom stereocenters. The number of nitrogens with one attached hydrogen (secondary N) is 2. The van der Waals surface area contributed by atoms with E-state index in [1.165, 1.54) is 0 Å².